The Labute approximate surface area is 151 Å². The van der Waals surface area contributed by atoms with Crippen molar-refractivity contribution in [3.8, 4) is 11.6 Å². The van der Waals surface area contributed by atoms with Gasteiger partial charge in [0, 0.05) is 18.0 Å². The number of carbonyl (C=O) groups is 2. The average molecular weight is 357 g/mol. The second-order valence-corrected chi connectivity index (χ2v) is 6.88. The van der Waals surface area contributed by atoms with E-state index in [1.54, 1.807) is 24.4 Å². The number of carbonyl (C=O) groups excluding carboxylic acids is 2. The van der Waals surface area contributed by atoms with Crippen molar-refractivity contribution in [2.45, 2.75) is 39.3 Å². The predicted molar refractivity (Wildman–Crippen MR) is 97.2 cm³/mol. The third-order valence-corrected chi connectivity index (χ3v) is 4.40. The van der Waals surface area contributed by atoms with Crippen LogP contribution in [-0.4, -0.2) is 35.6 Å². The predicted octanol–water partition coefficient (Wildman–Crippen LogP) is 2.02. The molecule has 1 saturated heterocycles. The number of amides is 2. The molecule has 0 radical (unpaired) electrons. The fraction of sp³-hybridized carbons (Fsp3) is 0.421. The summed E-state index contributed by atoms with van der Waals surface area (Å²) in [5, 5.41) is 4.41. The number of nitrogens with zero attached hydrogens (tertiary/aromatic N) is 1. The van der Waals surface area contributed by atoms with Crippen molar-refractivity contribution in [1.82, 2.24) is 10.3 Å². The number of ether oxygens (including phenoxy) is 2. The average Bonchev–Trinajstić information content (AvgIpc) is 2.89. The van der Waals surface area contributed by atoms with Crippen molar-refractivity contribution < 1.29 is 19.1 Å². The molecule has 3 N–H and O–H groups in total. The highest BCUT2D eigenvalue weighted by Crippen LogP contribution is 2.31. The molecule has 1 aromatic carbocycles. The van der Waals surface area contributed by atoms with Crippen molar-refractivity contribution in [3.05, 3.63) is 30.0 Å². The van der Waals surface area contributed by atoms with Gasteiger partial charge in [0.05, 0.1) is 17.7 Å². The molecular formula is C19H23N3O4. The van der Waals surface area contributed by atoms with Crippen molar-refractivity contribution in [1.29, 1.82) is 0 Å². The molecule has 1 aromatic heterocycles. The van der Waals surface area contributed by atoms with Gasteiger partial charge in [0.2, 0.25) is 11.8 Å². The molecule has 3 rings (SSSR count). The molecule has 2 atom stereocenters. The van der Waals surface area contributed by atoms with E-state index in [0.717, 1.165) is 10.8 Å². The lowest BCUT2D eigenvalue weighted by Crippen LogP contribution is -2.34. The number of primary amides is 1. The van der Waals surface area contributed by atoms with Crippen LogP contribution in [0.3, 0.4) is 0 Å². The van der Waals surface area contributed by atoms with Gasteiger partial charge in [-0.15, -0.1) is 0 Å². The molecule has 0 aliphatic carbocycles. The van der Waals surface area contributed by atoms with Crippen LogP contribution in [0.5, 0.6) is 11.6 Å². The second-order valence-electron chi connectivity index (χ2n) is 6.88. The number of nitrogens with one attached hydrogen (secondary N) is 1. The molecule has 1 fully saturated rings. The summed E-state index contributed by atoms with van der Waals surface area (Å²) in [6.45, 7) is 6.09. The zero-order valence-corrected chi connectivity index (χ0v) is 15.1. The van der Waals surface area contributed by atoms with Gasteiger partial charge in [0.25, 0.3) is 5.91 Å². The van der Waals surface area contributed by atoms with Gasteiger partial charge in [-0.1, -0.05) is 6.92 Å². The summed E-state index contributed by atoms with van der Waals surface area (Å²) in [7, 11) is 0. The van der Waals surface area contributed by atoms with E-state index < -0.39 is 5.91 Å². The minimum absolute atomic E-state index is 0.0377. The first-order valence-electron chi connectivity index (χ1n) is 8.66. The van der Waals surface area contributed by atoms with Gasteiger partial charge in [0.15, 0.2) is 0 Å². The van der Waals surface area contributed by atoms with E-state index in [1.807, 2.05) is 20.8 Å². The van der Waals surface area contributed by atoms with Crippen LogP contribution in [0.25, 0.3) is 10.8 Å². The summed E-state index contributed by atoms with van der Waals surface area (Å²) in [5.41, 5.74) is 5.80. The van der Waals surface area contributed by atoms with E-state index in [4.69, 9.17) is 15.2 Å². The van der Waals surface area contributed by atoms with Crippen molar-refractivity contribution in [3.63, 3.8) is 0 Å². The first-order valence-corrected chi connectivity index (χ1v) is 8.66. The molecule has 26 heavy (non-hydrogen) atoms. The smallest absolute Gasteiger partial charge is 0.252 e. The van der Waals surface area contributed by atoms with Crippen LogP contribution in [0, 0.1) is 5.92 Å². The fourth-order valence-electron chi connectivity index (χ4n) is 3.05. The second kappa shape index (κ2) is 7.19. The zero-order valence-electron chi connectivity index (χ0n) is 15.1. The SMILES string of the molecule is CC(C)Oc1cc2c(OCC3NC(=O)CC3C)nccc2cc1C(N)=O. The Hall–Kier alpha value is -2.83. The quantitative estimate of drug-likeness (QED) is 0.823. The third kappa shape index (κ3) is 3.71. The van der Waals surface area contributed by atoms with Crippen molar-refractivity contribution >= 4 is 22.6 Å². The van der Waals surface area contributed by atoms with Crippen LogP contribution in [0.4, 0.5) is 0 Å². The normalized spacial score (nSPS) is 19.6. The van der Waals surface area contributed by atoms with Gasteiger partial charge in [-0.25, -0.2) is 4.98 Å². The largest absolute Gasteiger partial charge is 0.490 e. The fourth-order valence-corrected chi connectivity index (χ4v) is 3.05. The summed E-state index contributed by atoms with van der Waals surface area (Å²) in [6, 6.07) is 5.15. The topological polar surface area (TPSA) is 104 Å². The first-order chi connectivity index (χ1) is 12.3. The summed E-state index contributed by atoms with van der Waals surface area (Å²) >= 11 is 0. The highest BCUT2D eigenvalue weighted by atomic mass is 16.5. The molecule has 2 amide bonds. The number of nitrogens with two attached hydrogens (primary N) is 1. The van der Waals surface area contributed by atoms with Crippen molar-refractivity contribution in [2.75, 3.05) is 6.61 Å². The van der Waals surface area contributed by atoms with Crippen molar-refractivity contribution in [2.24, 2.45) is 11.7 Å². The Bertz CT molecular complexity index is 850. The molecule has 0 spiro atoms. The molecule has 0 bridgehead atoms. The zero-order chi connectivity index (χ0) is 18.8. The maximum Gasteiger partial charge on any atom is 0.252 e. The lowest BCUT2D eigenvalue weighted by atomic mass is 10.0. The van der Waals surface area contributed by atoms with Gasteiger partial charge in [0.1, 0.15) is 12.4 Å². The number of hydrogen-bond acceptors (Lipinski definition) is 5. The molecule has 7 heteroatoms. The van der Waals surface area contributed by atoms with Crippen LogP contribution < -0.4 is 20.5 Å². The number of hydrogen-bond donors (Lipinski definition) is 2. The first kappa shape index (κ1) is 18.0. The Morgan fingerprint density at radius 1 is 1.42 bits per heavy atom. The summed E-state index contributed by atoms with van der Waals surface area (Å²) in [4.78, 5) is 27.5. The van der Waals surface area contributed by atoms with E-state index in [2.05, 4.69) is 10.3 Å². The molecule has 0 saturated carbocycles. The molecule has 2 unspecified atom stereocenters. The number of benzene rings is 1. The third-order valence-electron chi connectivity index (χ3n) is 4.40. The van der Waals surface area contributed by atoms with E-state index in [1.165, 1.54) is 0 Å². The minimum Gasteiger partial charge on any atom is -0.490 e. The molecule has 1 aliphatic heterocycles. The molecule has 7 nitrogen and oxygen atoms in total. The standard InChI is InChI=1S/C19H23N3O4/c1-10(2)26-16-8-13-12(7-14(16)18(20)24)4-5-21-19(13)25-9-15-11(3)6-17(23)22-15/h4-5,7-8,10-11,15H,6,9H2,1-3H3,(H2,20,24)(H,22,23). The number of pyridine rings is 1. The van der Waals surface area contributed by atoms with Gasteiger partial charge in [-0.05, 0) is 43.4 Å². The molecule has 138 valence electrons. The van der Waals surface area contributed by atoms with E-state index in [9.17, 15) is 9.59 Å². The molecular weight excluding hydrogens is 334 g/mol. The number of rotatable bonds is 6. The van der Waals surface area contributed by atoms with Crippen LogP contribution in [0.1, 0.15) is 37.6 Å². The summed E-state index contributed by atoms with van der Waals surface area (Å²) < 4.78 is 11.6. The molecule has 2 heterocycles. The van der Waals surface area contributed by atoms with Crippen LogP contribution in [0.2, 0.25) is 0 Å². The van der Waals surface area contributed by atoms with Gasteiger partial charge < -0.3 is 20.5 Å². The van der Waals surface area contributed by atoms with Crippen LogP contribution in [0.15, 0.2) is 24.4 Å². The van der Waals surface area contributed by atoms with E-state index in [-0.39, 0.29) is 24.0 Å². The monoisotopic (exact) mass is 357 g/mol. The Morgan fingerprint density at radius 3 is 2.81 bits per heavy atom. The van der Waals surface area contributed by atoms with E-state index in [0.29, 0.717) is 30.2 Å². The Kier molecular flexibility index (Phi) is 4.97. The van der Waals surface area contributed by atoms with Gasteiger partial charge in [-0.2, -0.15) is 0 Å². The maximum absolute atomic E-state index is 11.8. The number of fused-ring (bicyclic) bond motifs is 1. The number of aromatic nitrogens is 1. The summed E-state index contributed by atoms with van der Waals surface area (Å²) in [5.74, 6) is 0.527. The molecule has 2 aromatic rings. The summed E-state index contributed by atoms with van der Waals surface area (Å²) in [6.07, 6.45) is 2.01. The van der Waals surface area contributed by atoms with Gasteiger partial charge >= 0.3 is 0 Å². The Morgan fingerprint density at radius 2 is 2.19 bits per heavy atom. The minimum atomic E-state index is -0.552. The lowest BCUT2D eigenvalue weighted by Gasteiger charge is -2.18. The van der Waals surface area contributed by atoms with E-state index >= 15 is 0 Å². The molecule has 1 aliphatic rings. The van der Waals surface area contributed by atoms with Crippen LogP contribution >= 0.6 is 0 Å². The van der Waals surface area contributed by atoms with Gasteiger partial charge in [-0.3, -0.25) is 9.59 Å². The highest BCUT2D eigenvalue weighted by Gasteiger charge is 2.29. The maximum atomic E-state index is 11.8. The lowest BCUT2D eigenvalue weighted by molar-refractivity contribution is -0.119. The van der Waals surface area contributed by atoms with Crippen LogP contribution in [-0.2, 0) is 4.79 Å². The highest BCUT2D eigenvalue weighted by molar-refractivity contribution is 6.01. The Balaban J connectivity index is 1.93.